The first-order chi connectivity index (χ1) is 14.6. The number of hydrogen-bond donors (Lipinski definition) is 2. The van der Waals surface area contributed by atoms with E-state index in [1.807, 2.05) is 43.3 Å². The van der Waals surface area contributed by atoms with E-state index in [0.717, 1.165) is 55.9 Å². The SMILES string of the molecule is Cc1c(Cc2ccccc2)c(=O)oc2c(CNCCN3CCOCC3)c(O)ccc12. The van der Waals surface area contributed by atoms with Crippen molar-refractivity contribution in [1.82, 2.24) is 10.2 Å². The van der Waals surface area contributed by atoms with Gasteiger partial charge in [-0.25, -0.2) is 4.79 Å². The Labute approximate surface area is 176 Å². The Bertz CT molecular complexity index is 1060. The lowest BCUT2D eigenvalue weighted by atomic mass is 9.98. The zero-order chi connectivity index (χ0) is 20.9. The zero-order valence-corrected chi connectivity index (χ0v) is 17.3. The van der Waals surface area contributed by atoms with E-state index >= 15 is 0 Å². The molecule has 0 aliphatic carbocycles. The normalized spacial score (nSPS) is 15.0. The highest BCUT2D eigenvalue weighted by atomic mass is 16.5. The molecule has 0 saturated carbocycles. The molecule has 0 spiro atoms. The monoisotopic (exact) mass is 408 g/mol. The second-order valence-corrected chi connectivity index (χ2v) is 7.73. The molecule has 2 aromatic carbocycles. The summed E-state index contributed by atoms with van der Waals surface area (Å²) in [5, 5.41) is 14.6. The van der Waals surface area contributed by atoms with Crippen LogP contribution in [0.5, 0.6) is 5.75 Å². The van der Waals surface area contributed by atoms with Gasteiger partial charge in [-0.05, 0) is 30.2 Å². The summed E-state index contributed by atoms with van der Waals surface area (Å²) in [7, 11) is 0. The molecule has 1 fully saturated rings. The van der Waals surface area contributed by atoms with E-state index in [4.69, 9.17) is 9.15 Å². The molecule has 1 aromatic heterocycles. The second-order valence-electron chi connectivity index (χ2n) is 7.73. The molecule has 0 radical (unpaired) electrons. The number of ether oxygens (including phenoxy) is 1. The van der Waals surface area contributed by atoms with Gasteiger partial charge in [0.1, 0.15) is 11.3 Å². The highest BCUT2D eigenvalue weighted by Crippen LogP contribution is 2.29. The van der Waals surface area contributed by atoms with Crippen LogP contribution in [0.3, 0.4) is 0 Å². The van der Waals surface area contributed by atoms with Gasteiger partial charge in [0.25, 0.3) is 0 Å². The zero-order valence-electron chi connectivity index (χ0n) is 17.3. The van der Waals surface area contributed by atoms with Crippen molar-refractivity contribution in [3.05, 3.63) is 75.1 Å². The number of phenols is 1. The summed E-state index contributed by atoms with van der Waals surface area (Å²) in [6.07, 6.45) is 0.527. The Morgan fingerprint density at radius 3 is 2.60 bits per heavy atom. The summed E-state index contributed by atoms with van der Waals surface area (Å²) < 4.78 is 11.1. The van der Waals surface area contributed by atoms with Crippen LogP contribution in [-0.2, 0) is 17.7 Å². The van der Waals surface area contributed by atoms with Crippen LogP contribution in [0.25, 0.3) is 11.0 Å². The molecule has 1 saturated heterocycles. The predicted molar refractivity (Wildman–Crippen MR) is 117 cm³/mol. The fourth-order valence-corrected chi connectivity index (χ4v) is 3.95. The minimum atomic E-state index is -0.344. The van der Waals surface area contributed by atoms with Crippen LogP contribution < -0.4 is 10.9 Å². The van der Waals surface area contributed by atoms with Gasteiger partial charge in [0.15, 0.2) is 0 Å². The van der Waals surface area contributed by atoms with E-state index in [0.29, 0.717) is 29.7 Å². The topological polar surface area (TPSA) is 74.9 Å². The molecule has 4 rings (SSSR count). The van der Waals surface area contributed by atoms with Crippen molar-refractivity contribution in [2.75, 3.05) is 39.4 Å². The molecule has 1 aliphatic heterocycles. The van der Waals surface area contributed by atoms with E-state index in [2.05, 4.69) is 10.2 Å². The molecular weight excluding hydrogens is 380 g/mol. The third-order valence-electron chi connectivity index (χ3n) is 5.77. The number of nitrogens with zero attached hydrogens (tertiary/aromatic N) is 1. The van der Waals surface area contributed by atoms with E-state index in [-0.39, 0.29) is 11.4 Å². The largest absolute Gasteiger partial charge is 0.507 e. The van der Waals surface area contributed by atoms with E-state index < -0.39 is 0 Å². The number of benzene rings is 2. The molecule has 0 unspecified atom stereocenters. The van der Waals surface area contributed by atoms with Crippen molar-refractivity contribution in [2.45, 2.75) is 19.9 Å². The van der Waals surface area contributed by atoms with Crippen LogP contribution >= 0.6 is 0 Å². The molecule has 2 N–H and O–H groups in total. The van der Waals surface area contributed by atoms with Crippen LogP contribution in [0.15, 0.2) is 51.7 Å². The number of nitrogens with one attached hydrogen (secondary N) is 1. The molecule has 6 nitrogen and oxygen atoms in total. The van der Waals surface area contributed by atoms with Gasteiger partial charge in [0.05, 0.1) is 18.8 Å². The van der Waals surface area contributed by atoms with Crippen LogP contribution in [-0.4, -0.2) is 49.4 Å². The van der Waals surface area contributed by atoms with Crippen LogP contribution in [0.4, 0.5) is 0 Å². The average molecular weight is 408 g/mol. The average Bonchev–Trinajstić information content (AvgIpc) is 2.77. The molecule has 30 heavy (non-hydrogen) atoms. The van der Waals surface area contributed by atoms with Gasteiger partial charge in [-0.1, -0.05) is 30.3 Å². The third-order valence-corrected chi connectivity index (χ3v) is 5.77. The maximum Gasteiger partial charge on any atom is 0.340 e. The van der Waals surface area contributed by atoms with Gasteiger partial charge >= 0.3 is 5.63 Å². The number of hydrogen-bond acceptors (Lipinski definition) is 6. The van der Waals surface area contributed by atoms with Gasteiger partial charge < -0.3 is 19.6 Å². The Kier molecular flexibility index (Phi) is 6.47. The maximum absolute atomic E-state index is 12.8. The lowest BCUT2D eigenvalue weighted by molar-refractivity contribution is 0.0384. The fraction of sp³-hybridized carbons (Fsp3) is 0.375. The summed E-state index contributed by atoms with van der Waals surface area (Å²) in [4.78, 5) is 15.1. The molecule has 6 heteroatoms. The molecule has 0 atom stereocenters. The Morgan fingerprint density at radius 1 is 1.07 bits per heavy atom. The minimum Gasteiger partial charge on any atom is -0.507 e. The lowest BCUT2D eigenvalue weighted by Gasteiger charge is -2.26. The van der Waals surface area contributed by atoms with Gasteiger partial charge in [0.2, 0.25) is 0 Å². The molecule has 158 valence electrons. The van der Waals surface area contributed by atoms with Crippen LogP contribution in [0, 0.1) is 6.92 Å². The quantitative estimate of drug-likeness (QED) is 0.463. The van der Waals surface area contributed by atoms with Crippen molar-refractivity contribution in [1.29, 1.82) is 0 Å². The van der Waals surface area contributed by atoms with Crippen molar-refractivity contribution in [2.24, 2.45) is 0 Å². The molecule has 0 bridgehead atoms. The number of rotatable bonds is 7. The van der Waals surface area contributed by atoms with Gasteiger partial charge in [0, 0.05) is 50.1 Å². The standard InChI is InChI=1S/C24H28N2O4/c1-17-19-7-8-22(27)21(16-25-9-10-26-11-13-29-14-12-26)23(19)30-24(28)20(17)15-18-5-3-2-4-6-18/h2-8,25,27H,9-16H2,1H3. The second kappa shape index (κ2) is 9.43. The first-order valence-corrected chi connectivity index (χ1v) is 10.5. The number of morpholine rings is 1. The lowest BCUT2D eigenvalue weighted by Crippen LogP contribution is -2.40. The summed E-state index contributed by atoms with van der Waals surface area (Å²) in [5.41, 5.74) is 3.37. The number of phenolic OH excluding ortho intramolecular Hbond substituents is 1. The summed E-state index contributed by atoms with van der Waals surface area (Å²) in [6, 6.07) is 13.4. The smallest absolute Gasteiger partial charge is 0.340 e. The van der Waals surface area contributed by atoms with Gasteiger partial charge in [-0.3, -0.25) is 4.90 Å². The number of aryl methyl sites for hydroxylation is 1. The van der Waals surface area contributed by atoms with E-state index in [1.165, 1.54) is 0 Å². The summed E-state index contributed by atoms with van der Waals surface area (Å²) in [5.74, 6) is 0.139. The Morgan fingerprint density at radius 2 is 1.83 bits per heavy atom. The first kappa shape index (κ1) is 20.6. The maximum atomic E-state index is 12.8. The minimum absolute atomic E-state index is 0.139. The van der Waals surface area contributed by atoms with Gasteiger partial charge in [-0.15, -0.1) is 0 Å². The highest BCUT2D eigenvalue weighted by molar-refractivity contribution is 5.85. The summed E-state index contributed by atoms with van der Waals surface area (Å²) >= 11 is 0. The van der Waals surface area contributed by atoms with Crippen molar-refractivity contribution >= 4 is 11.0 Å². The van der Waals surface area contributed by atoms with E-state index in [9.17, 15) is 9.90 Å². The van der Waals surface area contributed by atoms with Crippen molar-refractivity contribution in [3.63, 3.8) is 0 Å². The first-order valence-electron chi connectivity index (χ1n) is 10.5. The molecule has 2 heterocycles. The molecule has 3 aromatic rings. The predicted octanol–water partition coefficient (Wildman–Crippen LogP) is 2.82. The molecule has 0 amide bonds. The van der Waals surface area contributed by atoms with Crippen molar-refractivity contribution < 1.29 is 14.3 Å². The fourth-order valence-electron chi connectivity index (χ4n) is 3.95. The highest BCUT2D eigenvalue weighted by Gasteiger charge is 2.17. The molecule has 1 aliphatic rings. The van der Waals surface area contributed by atoms with Crippen LogP contribution in [0.2, 0.25) is 0 Å². The van der Waals surface area contributed by atoms with Gasteiger partial charge in [-0.2, -0.15) is 0 Å². The Balaban J connectivity index is 1.54. The summed E-state index contributed by atoms with van der Waals surface area (Å²) in [6.45, 7) is 7.53. The Hall–Kier alpha value is -2.67. The molecular formula is C24H28N2O4. The number of fused-ring (bicyclic) bond motifs is 1. The number of aromatic hydroxyl groups is 1. The van der Waals surface area contributed by atoms with Crippen LogP contribution in [0.1, 0.15) is 22.3 Å². The van der Waals surface area contributed by atoms with Crippen molar-refractivity contribution in [3.8, 4) is 5.75 Å². The van der Waals surface area contributed by atoms with E-state index in [1.54, 1.807) is 6.07 Å². The third kappa shape index (κ3) is 4.56.